The second-order valence-corrected chi connectivity index (χ2v) is 5.12. The molecule has 0 aromatic rings. The van der Waals surface area contributed by atoms with Gasteiger partial charge < -0.3 is 21.1 Å². The van der Waals surface area contributed by atoms with Crippen molar-refractivity contribution < 1.29 is 24.3 Å². The first kappa shape index (κ1) is 16.7. The largest absolute Gasteiger partial charge is 0.480 e. The second-order valence-electron chi connectivity index (χ2n) is 5.12. The maximum absolute atomic E-state index is 12.1. The average molecular weight is 300 g/mol. The summed E-state index contributed by atoms with van der Waals surface area (Å²) in [7, 11) is 0. The molecule has 2 atom stereocenters. The lowest BCUT2D eigenvalue weighted by molar-refractivity contribution is -0.144. The maximum atomic E-state index is 12.1. The first-order valence-electron chi connectivity index (χ1n) is 6.59. The Morgan fingerprint density at radius 2 is 1.90 bits per heavy atom. The molecule has 1 fully saturated rings. The molecule has 4 amide bonds. The summed E-state index contributed by atoms with van der Waals surface area (Å²) >= 11 is 0. The highest BCUT2D eigenvalue weighted by Crippen LogP contribution is 2.05. The molecule has 1 aliphatic rings. The van der Waals surface area contributed by atoms with Crippen molar-refractivity contribution in [2.75, 3.05) is 13.1 Å². The van der Waals surface area contributed by atoms with E-state index in [1.165, 1.54) is 6.92 Å². The summed E-state index contributed by atoms with van der Waals surface area (Å²) in [6, 6.07) is -2.82. The number of urea groups is 1. The molecule has 0 aliphatic carbocycles. The quantitative estimate of drug-likeness (QED) is 0.502. The summed E-state index contributed by atoms with van der Waals surface area (Å²) in [5, 5.41) is 16.5. The van der Waals surface area contributed by atoms with Crippen molar-refractivity contribution in [1.29, 1.82) is 0 Å². The molecule has 0 spiro atoms. The lowest BCUT2D eigenvalue weighted by atomic mass is 10.2. The lowest BCUT2D eigenvalue weighted by Crippen LogP contribution is -2.62. The highest BCUT2D eigenvalue weighted by atomic mass is 16.4. The Labute approximate surface area is 122 Å². The van der Waals surface area contributed by atoms with E-state index in [1.807, 2.05) is 0 Å². The van der Waals surface area contributed by atoms with Gasteiger partial charge in [0, 0.05) is 12.6 Å². The first-order valence-corrected chi connectivity index (χ1v) is 6.59. The van der Waals surface area contributed by atoms with E-state index in [0.717, 1.165) is 4.90 Å². The van der Waals surface area contributed by atoms with Gasteiger partial charge in [-0.1, -0.05) is 0 Å². The molecule has 0 saturated carbocycles. The van der Waals surface area contributed by atoms with Crippen molar-refractivity contribution in [3.63, 3.8) is 0 Å². The molecule has 0 aromatic carbocycles. The van der Waals surface area contributed by atoms with Crippen molar-refractivity contribution in [2.24, 2.45) is 0 Å². The van der Waals surface area contributed by atoms with Crippen LogP contribution < -0.4 is 16.0 Å². The summed E-state index contributed by atoms with van der Waals surface area (Å²) in [5.74, 6) is -2.04. The smallest absolute Gasteiger partial charge is 0.328 e. The number of piperazine rings is 1. The van der Waals surface area contributed by atoms with Gasteiger partial charge in [-0.05, 0) is 20.8 Å². The van der Waals surface area contributed by atoms with Crippen molar-refractivity contribution >= 4 is 23.8 Å². The van der Waals surface area contributed by atoms with Crippen molar-refractivity contribution in [2.45, 2.75) is 38.9 Å². The predicted molar refractivity (Wildman–Crippen MR) is 72.4 cm³/mol. The van der Waals surface area contributed by atoms with E-state index in [0.29, 0.717) is 0 Å². The van der Waals surface area contributed by atoms with Crippen LogP contribution in [0, 0.1) is 0 Å². The van der Waals surface area contributed by atoms with Gasteiger partial charge in [0.25, 0.3) is 0 Å². The van der Waals surface area contributed by atoms with E-state index in [-0.39, 0.29) is 25.0 Å². The summed E-state index contributed by atoms with van der Waals surface area (Å²) in [4.78, 5) is 47.1. The SMILES string of the molecule is CC(C)NC(=O)C(C)NC(=O)N1CC(=O)NCC1C(=O)O. The molecule has 118 valence electrons. The molecule has 1 rings (SSSR count). The van der Waals surface area contributed by atoms with Gasteiger partial charge in [0.1, 0.15) is 18.6 Å². The molecule has 0 bridgehead atoms. The molecule has 2 unspecified atom stereocenters. The van der Waals surface area contributed by atoms with Gasteiger partial charge in [0.05, 0.1) is 0 Å². The second kappa shape index (κ2) is 6.91. The van der Waals surface area contributed by atoms with E-state index in [9.17, 15) is 19.2 Å². The van der Waals surface area contributed by atoms with Gasteiger partial charge in [0.2, 0.25) is 11.8 Å². The number of hydrogen-bond acceptors (Lipinski definition) is 4. The standard InChI is InChI=1S/C12H20N4O5/c1-6(2)14-10(18)7(3)15-12(21)16-5-9(17)13-4-8(16)11(19)20/h6-8H,4-5H2,1-3H3,(H,13,17)(H,14,18)(H,15,21)(H,19,20). The Balaban J connectivity index is 2.69. The highest BCUT2D eigenvalue weighted by molar-refractivity contribution is 5.92. The van der Waals surface area contributed by atoms with Crippen LogP contribution in [0.4, 0.5) is 4.79 Å². The number of carbonyl (C=O) groups is 4. The van der Waals surface area contributed by atoms with Gasteiger partial charge >= 0.3 is 12.0 Å². The van der Waals surface area contributed by atoms with Gasteiger partial charge in [-0.25, -0.2) is 9.59 Å². The first-order chi connectivity index (χ1) is 9.72. The zero-order valence-electron chi connectivity index (χ0n) is 12.2. The van der Waals surface area contributed by atoms with E-state index >= 15 is 0 Å². The van der Waals surface area contributed by atoms with Crippen LogP contribution in [0.2, 0.25) is 0 Å². The number of amides is 4. The predicted octanol–water partition coefficient (Wildman–Crippen LogP) is -1.51. The van der Waals surface area contributed by atoms with Crippen molar-refractivity contribution in [3.8, 4) is 0 Å². The van der Waals surface area contributed by atoms with Crippen LogP contribution in [0.3, 0.4) is 0 Å². The molecular formula is C12H20N4O5. The van der Waals surface area contributed by atoms with E-state index in [4.69, 9.17) is 5.11 Å². The van der Waals surface area contributed by atoms with Crippen molar-refractivity contribution in [1.82, 2.24) is 20.9 Å². The Bertz CT molecular complexity index is 451. The minimum absolute atomic E-state index is 0.0793. The van der Waals surface area contributed by atoms with E-state index < -0.39 is 30.0 Å². The zero-order valence-corrected chi connectivity index (χ0v) is 12.2. The number of nitrogens with one attached hydrogen (secondary N) is 3. The fraction of sp³-hybridized carbons (Fsp3) is 0.667. The van der Waals surface area contributed by atoms with Gasteiger partial charge in [-0.3, -0.25) is 14.5 Å². The Morgan fingerprint density at radius 3 is 2.43 bits per heavy atom. The number of nitrogens with zero attached hydrogens (tertiary/aromatic N) is 1. The number of aliphatic carboxylic acids is 1. The summed E-state index contributed by atoms with van der Waals surface area (Å²) in [6.45, 7) is 4.52. The minimum Gasteiger partial charge on any atom is -0.480 e. The van der Waals surface area contributed by atoms with E-state index in [1.54, 1.807) is 13.8 Å². The number of carbonyl (C=O) groups excluding carboxylic acids is 3. The minimum atomic E-state index is -1.22. The van der Waals surface area contributed by atoms with Gasteiger partial charge in [-0.2, -0.15) is 0 Å². The Hall–Kier alpha value is -2.32. The molecule has 0 aromatic heterocycles. The van der Waals surface area contributed by atoms with Crippen LogP contribution in [-0.2, 0) is 14.4 Å². The normalized spacial score (nSPS) is 19.7. The lowest BCUT2D eigenvalue weighted by Gasteiger charge is -2.33. The molecule has 0 radical (unpaired) electrons. The summed E-state index contributed by atoms with van der Waals surface area (Å²) in [5.41, 5.74) is 0. The fourth-order valence-electron chi connectivity index (χ4n) is 1.82. The van der Waals surface area contributed by atoms with Crippen LogP contribution in [-0.4, -0.2) is 65.0 Å². The average Bonchev–Trinajstić information content (AvgIpc) is 2.37. The molecule has 1 saturated heterocycles. The molecule has 4 N–H and O–H groups in total. The molecule has 1 heterocycles. The highest BCUT2D eigenvalue weighted by Gasteiger charge is 2.36. The van der Waals surface area contributed by atoms with Crippen LogP contribution >= 0.6 is 0 Å². The number of rotatable bonds is 4. The maximum Gasteiger partial charge on any atom is 0.328 e. The molecule has 21 heavy (non-hydrogen) atoms. The third kappa shape index (κ3) is 4.62. The monoisotopic (exact) mass is 300 g/mol. The van der Waals surface area contributed by atoms with Crippen LogP contribution in [0.15, 0.2) is 0 Å². The van der Waals surface area contributed by atoms with Crippen LogP contribution in [0.5, 0.6) is 0 Å². The van der Waals surface area contributed by atoms with Crippen molar-refractivity contribution in [3.05, 3.63) is 0 Å². The number of carboxylic acids is 1. The molecule has 1 aliphatic heterocycles. The Morgan fingerprint density at radius 1 is 1.29 bits per heavy atom. The molecule has 9 heteroatoms. The third-order valence-electron chi connectivity index (χ3n) is 2.89. The number of carboxylic acid groups (broad SMARTS) is 1. The molecular weight excluding hydrogens is 280 g/mol. The summed E-state index contributed by atoms with van der Waals surface area (Å²) < 4.78 is 0. The fourth-order valence-corrected chi connectivity index (χ4v) is 1.82. The summed E-state index contributed by atoms with van der Waals surface area (Å²) in [6.07, 6.45) is 0. The third-order valence-corrected chi connectivity index (χ3v) is 2.89. The Kier molecular flexibility index (Phi) is 5.51. The number of hydrogen-bond donors (Lipinski definition) is 4. The topological polar surface area (TPSA) is 128 Å². The van der Waals surface area contributed by atoms with Crippen LogP contribution in [0.25, 0.3) is 0 Å². The van der Waals surface area contributed by atoms with Gasteiger partial charge in [-0.15, -0.1) is 0 Å². The van der Waals surface area contributed by atoms with E-state index in [2.05, 4.69) is 16.0 Å². The molecule has 9 nitrogen and oxygen atoms in total. The zero-order chi connectivity index (χ0) is 16.2. The van der Waals surface area contributed by atoms with Gasteiger partial charge in [0.15, 0.2) is 0 Å². The van der Waals surface area contributed by atoms with Crippen LogP contribution in [0.1, 0.15) is 20.8 Å².